The van der Waals surface area contributed by atoms with Gasteiger partial charge in [-0.1, -0.05) is 30.4 Å². The molecule has 1 amide bonds. The molecule has 0 aliphatic carbocycles. The van der Waals surface area contributed by atoms with E-state index in [1.54, 1.807) is 23.5 Å². The van der Waals surface area contributed by atoms with Crippen molar-refractivity contribution in [2.75, 3.05) is 18.0 Å². The third-order valence-corrected chi connectivity index (χ3v) is 5.09. The van der Waals surface area contributed by atoms with Gasteiger partial charge in [-0.2, -0.15) is 0 Å². The molecule has 0 bridgehead atoms. The fourth-order valence-corrected chi connectivity index (χ4v) is 3.73. The molecule has 7 heteroatoms. The number of amides is 1. The average molecular weight is 348 g/mol. The van der Waals surface area contributed by atoms with Crippen LogP contribution in [0.3, 0.4) is 0 Å². The van der Waals surface area contributed by atoms with Crippen LogP contribution < -0.4 is 10.2 Å². The van der Waals surface area contributed by atoms with Gasteiger partial charge >= 0.3 is 0 Å². The van der Waals surface area contributed by atoms with Gasteiger partial charge in [-0.05, 0) is 30.5 Å². The van der Waals surface area contributed by atoms with Gasteiger partial charge in [0.15, 0.2) is 0 Å². The molecule has 1 aliphatic heterocycles. The van der Waals surface area contributed by atoms with Gasteiger partial charge < -0.3 is 10.2 Å². The molecule has 2 aromatic rings. The summed E-state index contributed by atoms with van der Waals surface area (Å²) in [5.41, 5.74) is 1.02. The van der Waals surface area contributed by atoms with Crippen LogP contribution in [0.1, 0.15) is 36.8 Å². The summed E-state index contributed by atoms with van der Waals surface area (Å²) in [6, 6.07) is 6.64. The third kappa shape index (κ3) is 4.29. The van der Waals surface area contributed by atoms with Gasteiger partial charge in [0.05, 0.1) is 0 Å². The van der Waals surface area contributed by atoms with E-state index in [1.807, 2.05) is 6.92 Å². The van der Waals surface area contributed by atoms with E-state index in [1.165, 1.54) is 12.1 Å². The van der Waals surface area contributed by atoms with E-state index >= 15 is 0 Å². The maximum absolute atomic E-state index is 13.0. The van der Waals surface area contributed by atoms with E-state index in [0.717, 1.165) is 41.6 Å². The number of nitrogens with one attached hydrogen (secondary N) is 1. The highest BCUT2D eigenvalue weighted by Gasteiger charge is 2.23. The molecule has 128 valence electrons. The average Bonchev–Trinajstić information content (AvgIpc) is 3.06. The first-order valence-corrected chi connectivity index (χ1v) is 9.07. The van der Waals surface area contributed by atoms with E-state index in [2.05, 4.69) is 20.4 Å². The summed E-state index contributed by atoms with van der Waals surface area (Å²) < 4.78 is 13.0. The van der Waals surface area contributed by atoms with Crippen molar-refractivity contribution in [3.05, 3.63) is 40.7 Å². The molecule has 1 fully saturated rings. The van der Waals surface area contributed by atoms with Gasteiger partial charge in [-0.25, -0.2) is 4.39 Å². The number of hydrogen-bond acceptors (Lipinski definition) is 5. The number of halogens is 1. The number of benzene rings is 1. The minimum atomic E-state index is -0.231. The van der Waals surface area contributed by atoms with Gasteiger partial charge in [0.25, 0.3) is 0 Å². The molecule has 1 N–H and O–H groups in total. The Labute approximate surface area is 144 Å². The molecule has 0 radical (unpaired) electrons. The van der Waals surface area contributed by atoms with E-state index in [0.29, 0.717) is 12.8 Å². The van der Waals surface area contributed by atoms with Gasteiger partial charge in [0.2, 0.25) is 11.0 Å². The maximum Gasteiger partial charge on any atom is 0.219 e. The molecule has 0 spiro atoms. The Morgan fingerprint density at radius 1 is 1.38 bits per heavy atom. The minimum absolute atomic E-state index is 0.0936. The Hall–Kier alpha value is -2.02. The zero-order valence-corrected chi connectivity index (χ0v) is 14.5. The number of nitrogens with zero attached hydrogens (tertiary/aromatic N) is 3. The number of piperidine rings is 1. The van der Waals surface area contributed by atoms with E-state index < -0.39 is 0 Å². The van der Waals surface area contributed by atoms with Crippen molar-refractivity contribution >= 4 is 22.4 Å². The SMILES string of the molecule is CCC(=O)N[C@H]1CCCN(c2nnc(Cc3ccc(F)cc3)s2)C1. The topological polar surface area (TPSA) is 58.1 Å². The molecule has 0 saturated carbocycles. The number of carbonyl (C=O) groups excluding carboxylic acids is 1. The van der Waals surface area contributed by atoms with Gasteiger partial charge in [0.1, 0.15) is 10.8 Å². The maximum atomic E-state index is 13.0. The van der Waals surface area contributed by atoms with Crippen LogP contribution in [0.2, 0.25) is 0 Å². The lowest BCUT2D eigenvalue weighted by Gasteiger charge is -2.32. The zero-order chi connectivity index (χ0) is 16.9. The zero-order valence-electron chi connectivity index (χ0n) is 13.7. The first-order valence-electron chi connectivity index (χ1n) is 8.25. The predicted octanol–water partition coefficient (Wildman–Crippen LogP) is 2.76. The molecule has 0 unspecified atom stereocenters. The van der Waals surface area contributed by atoms with E-state index in [-0.39, 0.29) is 17.8 Å². The van der Waals surface area contributed by atoms with Crippen LogP contribution in [0.5, 0.6) is 0 Å². The quantitative estimate of drug-likeness (QED) is 0.903. The smallest absolute Gasteiger partial charge is 0.219 e. The lowest BCUT2D eigenvalue weighted by molar-refractivity contribution is -0.121. The fraction of sp³-hybridized carbons (Fsp3) is 0.471. The molecule has 2 heterocycles. The Morgan fingerprint density at radius 2 is 2.17 bits per heavy atom. The molecule has 5 nitrogen and oxygen atoms in total. The first kappa shape index (κ1) is 16.8. The van der Waals surface area contributed by atoms with Crippen LogP contribution in [-0.2, 0) is 11.2 Å². The molecule has 1 saturated heterocycles. The second kappa shape index (κ2) is 7.70. The molecule has 1 aromatic heterocycles. The largest absolute Gasteiger partial charge is 0.352 e. The summed E-state index contributed by atoms with van der Waals surface area (Å²) in [4.78, 5) is 13.8. The highest BCUT2D eigenvalue weighted by atomic mass is 32.1. The molecular formula is C17H21FN4OS. The Balaban J connectivity index is 1.62. The Morgan fingerprint density at radius 3 is 2.92 bits per heavy atom. The van der Waals surface area contributed by atoms with E-state index in [9.17, 15) is 9.18 Å². The number of anilines is 1. The fourth-order valence-electron chi connectivity index (χ4n) is 2.82. The summed E-state index contributed by atoms with van der Waals surface area (Å²) in [7, 11) is 0. The Bertz CT molecular complexity index is 688. The van der Waals surface area contributed by atoms with Crippen LogP contribution >= 0.6 is 11.3 Å². The van der Waals surface area contributed by atoms with Crippen LogP contribution in [0.15, 0.2) is 24.3 Å². The normalized spacial score (nSPS) is 17.8. The minimum Gasteiger partial charge on any atom is -0.352 e. The Kier molecular flexibility index (Phi) is 5.40. The predicted molar refractivity (Wildman–Crippen MR) is 92.8 cm³/mol. The number of carbonyl (C=O) groups is 1. The van der Waals surface area contributed by atoms with Crippen molar-refractivity contribution in [2.24, 2.45) is 0 Å². The van der Waals surface area contributed by atoms with Crippen LogP contribution in [0.4, 0.5) is 9.52 Å². The van der Waals surface area contributed by atoms with Crippen molar-refractivity contribution in [3.8, 4) is 0 Å². The lowest BCUT2D eigenvalue weighted by Crippen LogP contribution is -2.47. The van der Waals surface area contributed by atoms with Crippen molar-refractivity contribution in [3.63, 3.8) is 0 Å². The van der Waals surface area contributed by atoms with E-state index in [4.69, 9.17) is 0 Å². The van der Waals surface area contributed by atoms with Crippen molar-refractivity contribution in [2.45, 2.75) is 38.6 Å². The monoisotopic (exact) mass is 348 g/mol. The van der Waals surface area contributed by atoms with Crippen LogP contribution in [0.25, 0.3) is 0 Å². The standard InChI is InChI=1S/C17H21FN4OS/c1-2-15(23)19-14-4-3-9-22(11-14)17-21-20-16(24-17)10-12-5-7-13(18)8-6-12/h5-8,14H,2-4,9-11H2,1H3,(H,19,23)/t14-/m0/s1. The summed E-state index contributed by atoms with van der Waals surface area (Å²) in [5, 5.41) is 13.4. The highest BCUT2D eigenvalue weighted by molar-refractivity contribution is 7.15. The molecular weight excluding hydrogens is 327 g/mol. The number of hydrogen-bond donors (Lipinski definition) is 1. The molecule has 1 aromatic carbocycles. The van der Waals surface area contributed by atoms with Crippen LogP contribution in [0, 0.1) is 5.82 Å². The molecule has 1 atom stereocenters. The highest BCUT2D eigenvalue weighted by Crippen LogP contribution is 2.25. The van der Waals surface area contributed by atoms with Crippen molar-refractivity contribution in [1.29, 1.82) is 0 Å². The summed E-state index contributed by atoms with van der Waals surface area (Å²) in [5.74, 6) is -0.138. The second-order valence-electron chi connectivity index (χ2n) is 5.99. The van der Waals surface area contributed by atoms with Gasteiger partial charge in [-0.15, -0.1) is 10.2 Å². The second-order valence-corrected chi connectivity index (χ2v) is 7.03. The van der Waals surface area contributed by atoms with Crippen molar-refractivity contribution < 1.29 is 9.18 Å². The van der Waals surface area contributed by atoms with Gasteiger partial charge in [0, 0.05) is 32.0 Å². The first-order chi connectivity index (χ1) is 11.6. The summed E-state index contributed by atoms with van der Waals surface area (Å²) in [6.07, 6.45) is 3.20. The van der Waals surface area contributed by atoms with Crippen molar-refractivity contribution in [1.82, 2.24) is 15.5 Å². The molecule has 1 aliphatic rings. The van der Waals surface area contributed by atoms with Crippen LogP contribution in [-0.4, -0.2) is 35.2 Å². The summed E-state index contributed by atoms with van der Waals surface area (Å²) >= 11 is 1.56. The summed E-state index contributed by atoms with van der Waals surface area (Å²) in [6.45, 7) is 3.57. The third-order valence-electron chi connectivity index (χ3n) is 4.10. The molecule has 24 heavy (non-hydrogen) atoms. The van der Waals surface area contributed by atoms with Gasteiger partial charge in [-0.3, -0.25) is 4.79 Å². The number of rotatable bonds is 5. The lowest BCUT2D eigenvalue weighted by atomic mass is 10.1. The number of aromatic nitrogens is 2. The molecule has 3 rings (SSSR count).